The third-order valence-corrected chi connectivity index (χ3v) is 5.87. The minimum Gasteiger partial charge on any atom is -0.489 e. The maximum atomic E-state index is 12.8. The zero-order valence-corrected chi connectivity index (χ0v) is 19.4. The molecule has 2 aromatic rings. The Kier molecular flexibility index (Phi) is 7.77. The molecule has 0 fully saturated rings. The number of rotatable bonds is 9. The van der Waals surface area contributed by atoms with E-state index < -0.39 is 6.04 Å². The zero-order chi connectivity index (χ0) is 24.8. The number of Topliss-reactive ketones (excluding diaryl/α,β-unsaturated/α-hetero) is 3. The number of ether oxygens (including phenoxy) is 2. The third kappa shape index (κ3) is 5.13. The molecule has 34 heavy (non-hydrogen) atoms. The van der Waals surface area contributed by atoms with Crippen molar-refractivity contribution in [3.63, 3.8) is 0 Å². The summed E-state index contributed by atoms with van der Waals surface area (Å²) in [5.74, 6) is -0.858. The second-order valence-corrected chi connectivity index (χ2v) is 7.97. The van der Waals surface area contributed by atoms with E-state index in [4.69, 9.17) is 20.5 Å². The first-order chi connectivity index (χ1) is 16.3. The van der Waals surface area contributed by atoms with Gasteiger partial charge in [0.2, 0.25) is 23.1 Å². The molecule has 0 saturated heterocycles. The molecular formula is C27H26N2O5. The van der Waals surface area contributed by atoms with Gasteiger partial charge >= 0.3 is 0 Å². The summed E-state index contributed by atoms with van der Waals surface area (Å²) in [5.41, 5.74) is 9.50. The molecule has 2 aromatic carbocycles. The van der Waals surface area contributed by atoms with Crippen molar-refractivity contribution in [3.8, 4) is 6.07 Å². The van der Waals surface area contributed by atoms with Crippen molar-refractivity contribution in [2.75, 3.05) is 14.2 Å². The summed E-state index contributed by atoms with van der Waals surface area (Å²) in [6, 6.07) is 15.6. The number of hydrogen-bond donors (Lipinski definition) is 1. The monoisotopic (exact) mass is 458 g/mol. The van der Waals surface area contributed by atoms with Crippen LogP contribution in [0.5, 0.6) is 0 Å². The van der Waals surface area contributed by atoms with Crippen molar-refractivity contribution in [1.29, 1.82) is 5.26 Å². The van der Waals surface area contributed by atoms with Gasteiger partial charge in [0.15, 0.2) is 5.78 Å². The molecule has 0 bridgehead atoms. The standard InChI is InChI=1S/C27H26N2O5/c1-16-21(25(32)27(34-3)26(33-2)24(16)31)14-18-6-4-17(5-7-18)8-13-23(30)20-11-9-19(10-12-20)22(29)15-28/h4-7,9-12,22H,8,13-14,29H2,1-3H3. The van der Waals surface area contributed by atoms with Crippen LogP contribution >= 0.6 is 0 Å². The lowest BCUT2D eigenvalue weighted by atomic mass is 9.88. The number of methoxy groups -OCH3 is 2. The topological polar surface area (TPSA) is 119 Å². The Morgan fingerprint density at radius 1 is 0.941 bits per heavy atom. The number of benzene rings is 2. The van der Waals surface area contributed by atoms with Gasteiger partial charge in [-0.15, -0.1) is 0 Å². The van der Waals surface area contributed by atoms with Crippen molar-refractivity contribution in [3.05, 3.63) is 93.4 Å². The molecule has 2 N–H and O–H groups in total. The lowest BCUT2D eigenvalue weighted by Gasteiger charge is -2.20. The van der Waals surface area contributed by atoms with Crippen LogP contribution in [0.1, 0.15) is 46.4 Å². The highest BCUT2D eigenvalue weighted by Crippen LogP contribution is 2.28. The SMILES string of the molecule is COC1=C(OC)C(=O)C(Cc2ccc(CCC(=O)c3ccc(C(N)C#N)cc3)cc2)=C(C)C1=O. The summed E-state index contributed by atoms with van der Waals surface area (Å²) >= 11 is 0. The van der Waals surface area contributed by atoms with Gasteiger partial charge in [0.05, 0.1) is 20.3 Å². The van der Waals surface area contributed by atoms with E-state index in [0.717, 1.165) is 11.1 Å². The van der Waals surface area contributed by atoms with E-state index in [1.165, 1.54) is 14.2 Å². The highest BCUT2D eigenvalue weighted by Gasteiger charge is 2.34. The summed E-state index contributed by atoms with van der Waals surface area (Å²) in [7, 11) is 2.67. The van der Waals surface area contributed by atoms with Gasteiger partial charge < -0.3 is 15.2 Å². The second-order valence-electron chi connectivity index (χ2n) is 7.97. The van der Waals surface area contributed by atoms with E-state index in [1.807, 2.05) is 30.3 Å². The molecule has 0 amide bonds. The average Bonchev–Trinajstić information content (AvgIpc) is 2.87. The van der Waals surface area contributed by atoms with Gasteiger partial charge in [-0.25, -0.2) is 0 Å². The quantitative estimate of drug-likeness (QED) is 0.451. The Morgan fingerprint density at radius 2 is 1.50 bits per heavy atom. The predicted molar refractivity (Wildman–Crippen MR) is 126 cm³/mol. The average molecular weight is 459 g/mol. The van der Waals surface area contributed by atoms with E-state index in [9.17, 15) is 14.4 Å². The Balaban J connectivity index is 1.64. The highest BCUT2D eigenvalue weighted by atomic mass is 16.5. The number of allylic oxidation sites excluding steroid dienone is 2. The second kappa shape index (κ2) is 10.7. The van der Waals surface area contributed by atoms with Crippen LogP contribution < -0.4 is 5.73 Å². The number of carbonyl (C=O) groups is 3. The number of hydrogen-bond acceptors (Lipinski definition) is 7. The molecule has 7 heteroatoms. The summed E-state index contributed by atoms with van der Waals surface area (Å²) in [6.45, 7) is 1.61. The van der Waals surface area contributed by atoms with E-state index in [0.29, 0.717) is 35.1 Å². The Morgan fingerprint density at radius 3 is 2.06 bits per heavy atom. The molecule has 0 aromatic heterocycles. The first-order valence-corrected chi connectivity index (χ1v) is 10.8. The van der Waals surface area contributed by atoms with Crippen molar-refractivity contribution < 1.29 is 23.9 Å². The molecule has 174 valence electrons. The molecule has 1 atom stereocenters. The Bertz CT molecular complexity index is 1220. The lowest BCUT2D eigenvalue weighted by molar-refractivity contribution is -0.121. The van der Waals surface area contributed by atoms with Crippen LogP contribution in [0.3, 0.4) is 0 Å². The number of nitrogens with two attached hydrogens (primary N) is 1. The van der Waals surface area contributed by atoms with Gasteiger partial charge in [-0.05, 0) is 30.0 Å². The van der Waals surface area contributed by atoms with Gasteiger partial charge in [0, 0.05) is 29.6 Å². The summed E-state index contributed by atoms with van der Waals surface area (Å²) in [4.78, 5) is 37.9. The fourth-order valence-electron chi connectivity index (χ4n) is 3.79. The van der Waals surface area contributed by atoms with E-state index in [1.54, 1.807) is 31.2 Å². The number of carbonyl (C=O) groups excluding carboxylic acids is 3. The van der Waals surface area contributed by atoms with Crippen LogP contribution in [-0.4, -0.2) is 31.6 Å². The maximum absolute atomic E-state index is 12.8. The van der Waals surface area contributed by atoms with Crippen molar-refractivity contribution in [1.82, 2.24) is 0 Å². The van der Waals surface area contributed by atoms with Crippen LogP contribution in [0.4, 0.5) is 0 Å². The molecule has 1 aliphatic rings. The smallest absolute Gasteiger partial charge is 0.228 e. The summed E-state index contributed by atoms with van der Waals surface area (Å²) in [6.07, 6.45) is 1.18. The fourth-order valence-corrected chi connectivity index (χ4v) is 3.79. The third-order valence-electron chi connectivity index (χ3n) is 5.87. The van der Waals surface area contributed by atoms with Gasteiger partial charge in [-0.3, -0.25) is 14.4 Å². The molecule has 7 nitrogen and oxygen atoms in total. The number of nitrogens with zero attached hydrogens (tertiary/aromatic N) is 1. The van der Waals surface area contributed by atoms with Crippen LogP contribution in [0.15, 0.2) is 71.2 Å². The molecule has 0 aliphatic heterocycles. The molecular weight excluding hydrogens is 432 g/mol. The number of ketones is 3. The number of aryl methyl sites for hydroxylation is 1. The Labute approximate surface area is 198 Å². The van der Waals surface area contributed by atoms with Crippen molar-refractivity contribution in [2.45, 2.75) is 32.2 Å². The molecule has 0 heterocycles. The van der Waals surface area contributed by atoms with Crippen LogP contribution in [0.25, 0.3) is 0 Å². The largest absolute Gasteiger partial charge is 0.489 e. The first-order valence-electron chi connectivity index (χ1n) is 10.8. The van der Waals surface area contributed by atoms with Crippen LogP contribution in [0, 0.1) is 11.3 Å². The van der Waals surface area contributed by atoms with E-state index in [-0.39, 0.29) is 35.3 Å². The Hall–Kier alpha value is -4.02. The van der Waals surface area contributed by atoms with Gasteiger partial charge in [0.25, 0.3) is 0 Å². The molecule has 1 aliphatic carbocycles. The fraction of sp³-hybridized carbons (Fsp3) is 0.259. The highest BCUT2D eigenvalue weighted by molar-refractivity contribution is 6.23. The minimum atomic E-state index is -0.705. The lowest BCUT2D eigenvalue weighted by Crippen LogP contribution is -2.26. The normalized spacial score (nSPS) is 14.7. The van der Waals surface area contributed by atoms with E-state index >= 15 is 0 Å². The molecule has 1 unspecified atom stereocenters. The van der Waals surface area contributed by atoms with Crippen molar-refractivity contribution in [2.24, 2.45) is 5.73 Å². The molecule has 0 spiro atoms. The zero-order valence-electron chi connectivity index (χ0n) is 19.4. The molecule has 3 rings (SSSR count). The van der Waals surface area contributed by atoms with Gasteiger partial charge in [-0.2, -0.15) is 5.26 Å². The molecule has 0 radical (unpaired) electrons. The first kappa shape index (κ1) is 24.6. The number of nitriles is 1. The van der Waals surface area contributed by atoms with Crippen LogP contribution in [0.2, 0.25) is 0 Å². The van der Waals surface area contributed by atoms with Gasteiger partial charge in [-0.1, -0.05) is 48.5 Å². The van der Waals surface area contributed by atoms with Crippen LogP contribution in [-0.2, 0) is 31.9 Å². The predicted octanol–water partition coefficient (Wildman–Crippen LogP) is 3.54. The summed E-state index contributed by atoms with van der Waals surface area (Å²) < 4.78 is 10.2. The van der Waals surface area contributed by atoms with E-state index in [2.05, 4.69) is 0 Å². The molecule has 0 saturated carbocycles. The van der Waals surface area contributed by atoms with Gasteiger partial charge in [0.1, 0.15) is 6.04 Å². The summed E-state index contributed by atoms with van der Waals surface area (Å²) in [5, 5.41) is 8.88. The van der Waals surface area contributed by atoms with Crippen molar-refractivity contribution >= 4 is 17.3 Å². The minimum absolute atomic E-state index is 0.00100. The maximum Gasteiger partial charge on any atom is 0.228 e.